The standard InChI is InChI=1S/C10H16N2O2S/c1-7(15-2)5-9-11-10(12-14-9)8-3-4-13-6-8/h7-8H,3-6H2,1-2H3/t7-,8-/m1/s1. The number of thioether (sulfide) groups is 1. The summed E-state index contributed by atoms with van der Waals surface area (Å²) in [6.07, 6.45) is 3.95. The molecule has 15 heavy (non-hydrogen) atoms. The van der Waals surface area contributed by atoms with Gasteiger partial charge in [-0.3, -0.25) is 0 Å². The van der Waals surface area contributed by atoms with Crippen molar-refractivity contribution in [3.63, 3.8) is 0 Å². The molecule has 0 N–H and O–H groups in total. The first-order valence-electron chi connectivity index (χ1n) is 5.22. The second-order valence-corrected chi connectivity index (χ2v) is 5.13. The Hall–Kier alpha value is -0.550. The van der Waals surface area contributed by atoms with Gasteiger partial charge < -0.3 is 9.26 Å². The zero-order chi connectivity index (χ0) is 10.7. The number of nitrogens with zero attached hydrogens (tertiary/aromatic N) is 2. The van der Waals surface area contributed by atoms with Crippen molar-refractivity contribution >= 4 is 11.8 Å². The molecule has 0 spiro atoms. The molecule has 0 unspecified atom stereocenters. The SMILES string of the molecule is CS[C@H](C)Cc1nc([C@@H]2CCOC2)no1. The Morgan fingerprint density at radius 3 is 3.13 bits per heavy atom. The van der Waals surface area contributed by atoms with Gasteiger partial charge in [-0.2, -0.15) is 16.7 Å². The van der Waals surface area contributed by atoms with E-state index in [1.807, 2.05) is 11.8 Å². The average molecular weight is 228 g/mol. The summed E-state index contributed by atoms with van der Waals surface area (Å²) in [7, 11) is 0. The van der Waals surface area contributed by atoms with E-state index in [4.69, 9.17) is 9.26 Å². The van der Waals surface area contributed by atoms with Crippen molar-refractivity contribution in [2.24, 2.45) is 0 Å². The van der Waals surface area contributed by atoms with E-state index in [9.17, 15) is 0 Å². The highest BCUT2D eigenvalue weighted by atomic mass is 32.2. The molecule has 0 radical (unpaired) electrons. The van der Waals surface area contributed by atoms with Crippen LogP contribution in [0.15, 0.2) is 4.52 Å². The summed E-state index contributed by atoms with van der Waals surface area (Å²) in [6, 6.07) is 0. The molecule has 2 rings (SSSR count). The molecule has 1 saturated heterocycles. The first kappa shape index (κ1) is 11.0. The van der Waals surface area contributed by atoms with E-state index < -0.39 is 0 Å². The largest absolute Gasteiger partial charge is 0.381 e. The molecular formula is C10H16N2O2S. The van der Waals surface area contributed by atoms with Crippen LogP contribution >= 0.6 is 11.8 Å². The van der Waals surface area contributed by atoms with Crippen LogP contribution in [0.2, 0.25) is 0 Å². The lowest BCUT2D eigenvalue weighted by Crippen LogP contribution is -2.03. The van der Waals surface area contributed by atoms with Crippen LogP contribution in [0.5, 0.6) is 0 Å². The highest BCUT2D eigenvalue weighted by molar-refractivity contribution is 7.99. The minimum absolute atomic E-state index is 0.340. The molecule has 5 heteroatoms. The van der Waals surface area contributed by atoms with E-state index in [0.717, 1.165) is 37.8 Å². The van der Waals surface area contributed by atoms with Gasteiger partial charge in [-0.05, 0) is 12.7 Å². The smallest absolute Gasteiger partial charge is 0.227 e. The van der Waals surface area contributed by atoms with E-state index in [2.05, 4.69) is 23.3 Å². The van der Waals surface area contributed by atoms with Crippen LogP contribution in [0.1, 0.15) is 31.0 Å². The molecule has 1 aliphatic heterocycles. The van der Waals surface area contributed by atoms with Crippen LogP contribution in [0.4, 0.5) is 0 Å². The van der Waals surface area contributed by atoms with E-state index >= 15 is 0 Å². The topological polar surface area (TPSA) is 48.2 Å². The number of aromatic nitrogens is 2. The van der Waals surface area contributed by atoms with Gasteiger partial charge >= 0.3 is 0 Å². The van der Waals surface area contributed by atoms with Gasteiger partial charge in [-0.1, -0.05) is 12.1 Å². The van der Waals surface area contributed by atoms with Gasteiger partial charge in [0.25, 0.3) is 0 Å². The van der Waals surface area contributed by atoms with Crippen LogP contribution in [0.3, 0.4) is 0 Å². The third-order valence-electron chi connectivity index (χ3n) is 2.64. The van der Waals surface area contributed by atoms with Gasteiger partial charge in [0.15, 0.2) is 5.82 Å². The van der Waals surface area contributed by atoms with Crippen molar-refractivity contribution in [3.8, 4) is 0 Å². The Labute approximate surface area is 93.8 Å². The lowest BCUT2D eigenvalue weighted by molar-refractivity contribution is 0.192. The summed E-state index contributed by atoms with van der Waals surface area (Å²) in [5.74, 6) is 1.90. The predicted octanol–water partition coefficient (Wildman–Crippen LogP) is 1.87. The molecular weight excluding hydrogens is 212 g/mol. The zero-order valence-electron chi connectivity index (χ0n) is 9.10. The Kier molecular flexibility index (Phi) is 3.64. The van der Waals surface area contributed by atoms with Gasteiger partial charge in [-0.25, -0.2) is 0 Å². The second-order valence-electron chi connectivity index (χ2n) is 3.86. The number of hydrogen-bond donors (Lipinski definition) is 0. The zero-order valence-corrected chi connectivity index (χ0v) is 9.92. The van der Waals surface area contributed by atoms with Crippen molar-refractivity contribution in [2.45, 2.75) is 30.9 Å². The summed E-state index contributed by atoms with van der Waals surface area (Å²) in [6.45, 7) is 3.71. The fourth-order valence-electron chi connectivity index (χ4n) is 1.58. The molecule has 0 aromatic carbocycles. The number of ether oxygens (including phenoxy) is 1. The van der Waals surface area contributed by atoms with Crippen LogP contribution in [0.25, 0.3) is 0 Å². The molecule has 2 heterocycles. The number of rotatable bonds is 4. The second kappa shape index (κ2) is 4.99. The van der Waals surface area contributed by atoms with Gasteiger partial charge in [0.1, 0.15) is 0 Å². The Morgan fingerprint density at radius 2 is 2.47 bits per heavy atom. The quantitative estimate of drug-likeness (QED) is 0.787. The molecule has 0 amide bonds. The molecule has 4 nitrogen and oxygen atoms in total. The summed E-state index contributed by atoms with van der Waals surface area (Å²) >= 11 is 1.81. The first-order chi connectivity index (χ1) is 7.29. The Balaban J connectivity index is 1.97. The van der Waals surface area contributed by atoms with E-state index in [1.54, 1.807) is 0 Å². The van der Waals surface area contributed by atoms with Crippen molar-refractivity contribution in [1.29, 1.82) is 0 Å². The third kappa shape index (κ3) is 2.72. The van der Waals surface area contributed by atoms with Crippen molar-refractivity contribution < 1.29 is 9.26 Å². The van der Waals surface area contributed by atoms with Gasteiger partial charge in [0.05, 0.1) is 6.61 Å². The minimum Gasteiger partial charge on any atom is -0.381 e. The van der Waals surface area contributed by atoms with Crippen LogP contribution in [0, 0.1) is 0 Å². The van der Waals surface area contributed by atoms with Crippen molar-refractivity contribution in [1.82, 2.24) is 10.1 Å². The maximum Gasteiger partial charge on any atom is 0.227 e. The molecule has 0 saturated carbocycles. The maximum absolute atomic E-state index is 5.30. The molecule has 1 aliphatic rings. The van der Waals surface area contributed by atoms with Gasteiger partial charge in [0, 0.05) is 24.2 Å². The van der Waals surface area contributed by atoms with Gasteiger partial charge in [-0.15, -0.1) is 0 Å². The normalized spacial score (nSPS) is 23.2. The fourth-order valence-corrected chi connectivity index (χ4v) is 1.89. The highest BCUT2D eigenvalue weighted by Gasteiger charge is 2.23. The van der Waals surface area contributed by atoms with Gasteiger partial charge in [0.2, 0.25) is 5.89 Å². The Bertz CT molecular complexity index is 310. The summed E-state index contributed by atoms with van der Waals surface area (Å²) < 4.78 is 10.5. The Morgan fingerprint density at radius 1 is 1.60 bits per heavy atom. The van der Waals surface area contributed by atoms with E-state index in [-0.39, 0.29) is 0 Å². The average Bonchev–Trinajstić information content (AvgIpc) is 2.85. The number of hydrogen-bond acceptors (Lipinski definition) is 5. The monoisotopic (exact) mass is 228 g/mol. The molecule has 0 aliphatic carbocycles. The van der Waals surface area contributed by atoms with Crippen molar-refractivity contribution in [3.05, 3.63) is 11.7 Å². The summed E-state index contributed by atoms with van der Waals surface area (Å²) in [5.41, 5.74) is 0. The maximum atomic E-state index is 5.30. The lowest BCUT2D eigenvalue weighted by Gasteiger charge is -2.02. The summed E-state index contributed by atoms with van der Waals surface area (Å²) in [4.78, 5) is 4.41. The first-order valence-corrected chi connectivity index (χ1v) is 6.51. The van der Waals surface area contributed by atoms with E-state index in [0.29, 0.717) is 11.2 Å². The molecule has 0 bridgehead atoms. The van der Waals surface area contributed by atoms with Crippen LogP contribution in [-0.2, 0) is 11.2 Å². The summed E-state index contributed by atoms with van der Waals surface area (Å²) in [5, 5.41) is 4.54. The van der Waals surface area contributed by atoms with Crippen LogP contribution in [-0.4, -0.2) is 34.9 Å². The third-order valence-corrected chi connectivity index (χ3v) is 3.61. The highest BCUT2D eigenvalue weighted by Crippen LogP contribution is 2.23. The molecule has 2 atom stereocenters. The van der Waals surface area contributed by atoms with Crippen molar-refractivity contribution in [2.75, 3.05) is 19.5 Å². The van der Waals surface area contributed by atoms with E-state index in [1.165, 1.54) is 0 Å². The molecule has 1 aromatic heterocycles. The lowest BCUT2D eigenvalue weighted by atomic mass is 10.1. The predicted molar refractivity (Wildman–Crippen MR) is 59.2 cm³/mol. The minimum atomic E-state index is 0.340. The van der Waals surface area contributed by atoms with Crippen LogP contribution < -0.4 is 0 Å². The molecule has 1 fully saturated rings. The molecule has 1 aromatic rings. The fraction of sp³-hybridized carbons (Fsp3) is 0.800. The molecule has 84 valence electrons.